The molecule has 0 spiro atoms. The second-order valence-corrected chi connectivity index (χ2v) is 8.34. The number of hydrogen-bond acceptors (Lipinski definition) is 5. The zero-order valence-electron chi connectivity index (χ0n) is 18.0. The minimum absolute atomic E-state index is 0.0744. The molecule has 2 aromatic carbocycles. The first-order valence-electron chi connectivity index (χ1n) is 10.6. The van der Waals surface area contributed by atoms with Gasteiger partial charge in [0.2, 0.25) is 5.91 Å². The van der Waals surface area contributed by atoms with Gasteiger partial charge in [0.25, 0.3) is 0 Å². The number of alkyl carbamates (subject to hydrolysis) is 1. The standard InChI is InChI=1S/C24H26N2O6/c1-15(21(27)26-11-12-32-24(2,14-26)22(28)29)25-23(30)31-13-20-18-9-5-3-7-16(18)17-8-4-6-10-19(17)20/h3-10,15,20H,11-14H2,1-2H3,(H,25,30)(H,28,29)/t15-,24?/m1/s1. The van der Waals surface area contributed by atoms with Crippen LogP contribution in [0.3, 0.4) is 0 Å². The molecule has 168 valence electrons. The Morgan fingerprint density at radius 3 is 2.34 bits per heavy atom. The summed E-state index contributed by atoms with van der Waals surface area (Å²) >= 11 is 0. The van der Waals surface area contributed by atoms with E-state index in [1.54, 1.807) is 6.92 Å². The summed E-state index contributed by atoms with van der Waals surface area (Å²) in [5, 5.41) is 11.9. The van der Waals surface area contributed by atoms with Gasteiger partial charge in [0, 0.05) is 12.5 Å². The lowest BCUT2D eigenvalue weighted by molar-refractivity contribution is -0.177. The van der Waals surface area contributed by atoms with Crippen LogP contribution in [-0.4, -0.2) is 65.9 Å². The van der Waals surface area contributed by atoms with Crippen molar-refractivity contribution in [1.29, 1.82) is 0 Å². The normalized spacial score (nSPS) is 20.8. The zero-order chi connectivity index (χ0) is 22.9. The van der Waals surface area contributed by atoms with E-state index in [9.17, 15) is 19.5 Å². The average Bonchev–Trinajstić information content (AvgIpc) is 3.11. The van der Waals surface area contributed by atoms with E-state index < -0.39 is 23.7 Å². The topological polar surface area (TPSA) is 105 Å². The van der Waals surface area contributed by atoms with Gasteiger partial charge in [0.15, 0.2) is 5.60 Å². The molecule has 2 atom stereocenters. The van der Waals surface area contributed by atoms with Gasteiger partial charge in [0.05, 0.1) is 13.2 Å². The smallest absolute Gasteiger partial charge is 0.407 e. The van der Waals surface area contributed by atoms with Crippen molar-refractivity contribution in [1.82, 2.24) is 10.2 Å². The number of nitrogens with zero attached hydrogens (tertiary/aromatic N) is 1. The molecule has 1 fully saturated rings. The second-order valence-electron chi connectivity index (χ2n) is 8.34. The number of morpholine rings is 1. The molecule has 1 unspecified atom stereocenters. The first-order chi connectivity index (χ1) is 15.3. The van der Waals surface area contributed by atoms with Crippen LogP contribution in [0.15, 0.2) is 48.5 Å². The van der Waals surface area contributed by atoms with Gasteiger partial charge in [-0.3, -0.25) is 4.79 Å². The molecule has 32 heavy (non-hydrogen) atoms. The number of carbonyl (C=O) groups excluding carboxylic acids is 2. The Morgan fingerprint density at radius 2 is 1.75 bits per heavy atom. The number of hydrogen-bond donors (Lipinski definition) is 2. The number of carboxylic acid groups (broad SMARTS) is 1. The van der Waals surface area contributed by atoms with Crippen molar-refractivity contribution >= 4 is 18.0 Å². The van der Waals surface area contributed by atoms with Gasteiger partial charge < -0.3 is 24.8 Å². The molecule has 4 rings (SSSR count). The van der Waals surface area contributed by atoms with Gasteiger partial charge >= 0.3 is 12.1 Å². The van der Waals surface area contributed by atoms with E-state index in [2.05, 4.69) is 17.4 Å². The van der Waals surface area contributed by atoms with Crippen LogP contribution >= 0.6 is 0 Å². The van der Waals surface area contributed by atoms with Crippen LogP contribution < -0.4 is 5.32 Å². The number of nitrogens with one attached hydrogen (secondary N) is 1. The molecular formula is C24H26N2O6. The summed E-state index contributed by atoms with van der Waals surface area (Å²) in [7, 11) is 0. The number of benzene rings is 2. The Hall–Kier alpha value is -3.39. The molecule has 0 radical (unpaired) electrons. The summed E-state index contributed by atoms with van der Waals surface area (Å²) in [4.78, 5) is 38.0. The summed E-state index contributed by atoms with van der Waals surface area (Å²) in [6.07, 6.45) is -0.693. The van der Waals surface area contributed by atoms with Gasteiger partial charge in [0.1, 0.15) is 12.6 Å². The molecular weight excluding hydrogens is 412 g/mol. The fourth-order valence-corrected chi connectivity index (χ4v) is 4.34. The number of amides is 2. The number of rotatable bonds is 5. The van der Waals surface area contributed by atoms with Crippen LogP contribution in [0.1, 0.15) is 30.9 Å². The Bertz CT molecular complexity index is 1010. The molecule has 0 aromatic heterocycles. The SMILES string of the molecule is C[C@@H](NC(=O)OCC1c2ccccc2-c2ccccc21)C(=O)N1CCOC(C)(C(=O)O)C1. The fourth-order valence-electron chi connectivity index (χ4n) is 4.34. The zero-order valence-corrected chi connectivity index (χ0v) is 18.0. The van der Waals surface area contributed by atoms with E-state index in [-0.39, 0.29) is 38.1 Å². The lowest BCUT2D eigenvalue weighted by atomic mass is 9.98. The molecule has 8 heteroatoms. The second kappa shape index (κ2) is 8.63. The maximum absolute atomic E-state index is 12.7. The van der Waals surface area contributed by atoms with E-state index in [0.717, 1.165) is 22.3 Å². The third-order valence-corrected chi connectivity index (χ3v) is 6.09. The van der Waals surface area contributed by atoms with Crippen LogP contribution in [0, 0.1) is 0 Å². The van der Waals surface area contributed by atoms with Gasteiger partial charge in [-0.2, -0.15) is 0 Å². The number of ether oxygens (including phenoxy) is 2. The van der Waals surface area contributed by atoms with Crippen molar-refractivity contribution in [3.63, 3.8) is 0 Å². The third-order valence-electron chi connectivity index (χ3n) is 6.09. The molecule has 2 aromatic rings. The monoisotopic (exact) mass is 438 g/mol. The highest BCUT2D eigenvalue weighted by molar-refractivity contribution is 5.87. The van der Waals surface area contributed by atoms with Crippen LogP contribution in [0.2, 0.25) is 0 Å². The van der Waals surface area contributed by atoms with E-state index in [4.69, 9.17) is 9.47 Å². The van der Waals surface area contributed by atoms with Gasteiger partial charge in [-0.25, -0.2) is 9.59 Å². The number of carbonyl (C=O) groups is 3. The first-order valence-corrected chi connectivity index (χ1v) is 10.6. The van der Waals surface area contributed by atoms with Crippen molar-refractivity contribution in [3.05, 3.63) is 59.7 Å². The number of carboxylic acids is 1. The van der Waals surface area contributed by atoms with Crippen molar-refractivity contribution in [2.45, 2.75) is 31.4 Å². The van der Waals surface area contributed by atoms with Crippen LogP contribution in [0.4, 0.5) is 4.79 Å². The van der Waals surface area contributed by atoms with Crippen LogP contribution in [0.5, 0.6) is 0 Å². The molecule has 1 heterocycles. The third kappa shape index (κ3) is 4.05. The quantitative estimate of drug-likeness (QED) is 0.744. The maximum atomic E-state index is 12.7. The molecule has 0 saturated carbocycles. The van der Waals surface area contributed by atoms with Crippen LogP contribution in [0.25, 0.3) is 11.1 Å². The summed E-state index contributed by atoms with van der Waals surface area (Å²) in [6, 6.07) is 15.2. The van der Waals surface area contributed by atoms with Crippen molar-refractivity contribution < 1.29 is 29.0 Å². The minimum atomic E-state index is -1.46. The van der Waals surface area contributed by atoms with Crippen molar-refractivity contribution in [3.8, 4) is 11.1 Å². The predicted molar refractivity (Wildman–Crippen MR) is 116 cm³/mol. The summed E-state index contributed by atoms with van der Waals surface area (Å²) in [5.74, 6) is -1.59. The van der Waals surface area contributed by atoms with E-state index in [1.165, 1.54) is 11.8 Å². The Kier molecular flexibility index (Phi) is 5.88. The largest absolute Gasteiger partial charge is 0.479 e. The minimum Gasteiger partial charge on any atom is -0.479 e. The molecule has 2 amide bonds. The summed E-state index contributed by atoms with van der Waals surface area (Å²) in [5.41, 5.74) is 3.01. The van der Waals surface area contributed by atoms with E-state index in [0.29, 0.717) is 0 Å². The van der Waals surface area contributed by atoms with Gasteiger partial charge in [-0.15, -0.1) is 0 Å². The Balaban J connectivity index is 1.36. The average molecular weight is 438 g/mol. The lowest BCUT2D eigenvalue weighted by Crippen LogP contribution is -2.59. The number of aliphatic carboxylic acids is 1. The molecule has 8 nitrogen and oxygen atoms in total. The Morgan fingerprint density at radius 1 is 1.16 bits per heavy atom. The predicted octanol–water partition coefficient (Wildman–Crippen LogP) is 2.62. The first kappa shape index (κ1) is 21.8. The summed E-state index contributed by atoms with van der Waals surface area (Å²) in [6.45, 7) is 3.42. The molecule has 1 aliphatic carbocycles. The van der Waals surface area contributed by atoms with Crippen molar-refractivity contribution in [2.24, 2.45) is 0 Å². The van der Waals surface area contributed by atoms with Crippen molar-refractivity contribution in [2.75, 3.05) is 26.3 Å². The molecule has 1 aliphatic heterocycles. The highest BCUT2D eigenvalue weighted by Crippen LogP contribution is 2.44. The van der Waals surface area contributed by atoms with Gasteiger partial charge in [-0.1, -0.05) is 48.5 Å². The molecule has 0 bridgehead atoms. The molecule has 1 saturated heterocycles. The van der Waals surface area contributed by atoms with E-state index >= 15 is 0 Å². The molecule has 2 N–H and O–H groups in total. The Labute approximate surface area is 186 Å². The van der Waals surface area contributed by atoms with E-state index in [1.807, 2.05) is 36.4 Å². The number of fused-ring (bicyclic) bond motifs is 3. The van der Waals surface area contributed by atoms with Crippen LogP contribution in [-0.2, 0) is 19.1 Å². The fraction of sp³-hybridized carbons (Fsp3) is 0.375. The maximum Gasteiger partial charge on any atom is 0.407 e. The lowest BCUT2D eigenvalue weighted by Gasteiger charge is -2.38. The summed E-state index contributed by atoms with van der Waals surface area (Å²) < 4.78 is 10.8. The van der Waals surface area contributed by atoms with Gasteiger partial charge in [-0.05, 0) is 36.1 Å². The highest BCUT2D eigenvalue weighted by Gasteiger charge is 2.41. The molecule has 2 aliphatic rings. The highest BCUT2D eigenvalue weighted by atomic mass is 16.5.